The van der Waals surface area contributed by atoms with Crippen LogP contribution in [-0.2, 0) is 20.4 Å². The lowest BCUT2D eigenvalue weighted by Gasteiger charge is -2.18. The van der Waals surface area contributed by atoms with Crippen molar-refractivity contribution in [3.63, 3.8) is 0 Å². The SMILES string of the molecule is CSC(=O)C=C[C@H]1[C@@H](C(=O)OC(F)(F)c2ccc(F)c(F)c2F)C1(C)C. The van der Waals surface area contributed by atoms with Crippen molar-refractivity contribution >= 4 is 22.8 Å². The lowest BCUT2D eigenvalue weighted by atomic mass is 10.1. The molecule has 0 heterocycles. The van der Waals surface area contributed by atoms with Crippen LogP contribution in [0.1, 0.15) is 19.4 Å². The molecule has 1 fully saturated rings. The molecule has 0 amide bonds. The van der Waals surface area contributed by atoms with E-state index in [0.717, 1.165) is 11.8 Å². The topological polar surface area (TPSA) is 43.4 Å². The van der Waals surface area contributed by atoms with Crippen molar-refractivity contribution in [1.29, 1.82) is 0 Å². The number of ether oxygens (including phenoxy) is 1. The van der Waals surface area contributed by atoms with Gasteiger partial charge in [-0.1, -0.05) is 31.7 Å². The second-order valence-corrected chi connectivity index (χ2v) is 7.18. The largest absolute Gasteiger partial charge is 0.431 e. The van der Waals surface area contributed by atoms with Gasteiger partial charge in [0, 0.05) is 0 Å². The van der Waals surface area contributed by atoms with Gasteiger partial charge in [0.05, 0.1) is 5.92 Å². The van der Waals surface area contributed by atoms with Crippen LogP contribution in [-0.4, -0.2) is 17.3 Å². The maximum Gasteiger partial charge on any atom is 0.431 e. The highest BCUT2D eigenvalue weighted by Gasteiger charge is 2.62. The number of carbonyl (C=O) groups excluding carboxylic acids is 2. The molecule has 0 bridgehead atoms. The molecule has 1 aliphatic carbocycles. The van der Waals surface area contributed by atoms with Crippen molar-refractivity contribution in [1.82, 2.24) is 0 Å². The monoisotopic (exact) mass is 394 g/mol. The summed E-state index contributed by atoms with van der Waals surface area (Å²) in [7, 11) is 0. The first-order chi connectivity index (χ1) is 11.9. The minimum absolute atomic E-state index is 0.269. The first-order valence-corrected chi connectivity index (χ1v) is 8.66. The molecule has 0 spiro atoms. The van der Waals surface area contributed by atoms with Gasteiger partial charge >= 0.3 is 12.1 Å². The summed E-state index contributed by atoms with van der Waals surface area (Å²) in [6.45, 7) is 3.24. The van der Waals surface area contributed by atoms with Crippen LogP contribution in [0.25, 0.3) is 0 Å². The van der Waals surface area contributed by atoms with E-state index in [1.165, 1.54) is 12.2 Å². The molecule has 2 atom stereocenters. The predicted octanol–water partition coefficient (Wildman–Crippen LogP) is 4.41. The van der Waals surface area contributed by atoms with Gasteiger partial charge in [0.25, 0.3) is 0 Å². The average Bonchev–Trinajstić information content (AvgIpc) is 3.10. The number of hydrogen-bond acceptors (Lipinski definition) is 4. The van der Waals surface area contributed by atoms with Crippen LogP contribution in [0.3, 0.4) is 0 Å². The van der Waals surface area contributed by atoms with Crippen molar-refractivity contribution in [3.8, 4) is 0 Å². The van der Waals surface area contributed by atoms with E-state index in [2.05, 4.69) is 4.74 Å². The fraction of sp³-hybridized carbons (Fsp3) is 0.412. The van der Waals surface area contributed by atoms with E-state index >= 15 is 0 Å². The number of thioether (sulfide) groups is 1. The first-order valence-electron chi connectivity index (χ1n) is 7.44. The van der Waals surface area contributed by atoms with Gasteiger partial charge in [0.15, 0.2) is 17.5 Å². The fourth-order valence-electron chi connectivity index (χ4n) is 2.73. The molecule has 1 aliphatic rings. The molecule has 2 rings (SSSR count). The number of alkyl halides is 2. The highest BCUT2D eigenvalue weighted by Crippen LogP contribution is 2.60. The van der Waals surface area contributed by atoms with Crippen molar-refractivity contribution < 1.29 is 36.3 Å². The van der Waals surface area contributed by atoms with Gasteiger partial charge in [-0.2, -0.15) is 8.78 Å². The summed E-state index contributed by atoms with van der Waals surface area (Å²) in [6, 6.07) is 0.629. The number of halogens is 5. The maximum atomic E-state index is 14.1. The van der Waals surface area contributed by atoms with Crippen LogP contribution in [0.2, 0.25) is 0 Å². The Balaban J connectivity index is 2.18. The van der Waals surface area contributed by atoms with Gasteiger partial charge in [0.1, 0.15) is 5.56 Å². The number of carbonyl (C=O) groups is 2. The Kier molecular flexibility index (Phi) is 5.51. The van der Waals surface area contributed by atoms with E-state index in [1.807, 2.05) is 0 Å². The smallest absolute Gasteiger partial charge is 0.397 e. The molecule has 0 aliphatic heterocycles. The Morgan fingerprint density at radius 1 is 1.19 bits per heavy atom. The molecule has 0 N–H and O–H groups in total. The molecular weight excluding hydrogens is 379 g/mol. The van der Waals surface area contributed by atoms with Crippen LogP contribution < -0.4 is 0 Å². The van der Waals surface area contributed by atoms with Crippen LogP contribution in [0, 0.1) is 34.7 Å². The minimum Gasteiger partial charge on any atom is -0.397 e. The van der Waals surface area contributed by atoms with E-state index in [4.69, 9.17) is 0 Å². The molecule has 0 unspecified atom stereocenters. The minimum atomic E-state index is -4.47. The molecule has 9 heteroatoms. The van der Waals surface area contributed by atoms with E-state index in [9.17, 15) is 31.5 Å². The van der Waals surface area contributed by atoms with Gasteiger partial charge in [-0.3, -0.25) is 9.59 Å². The zero-order valence-electron chi connectivity index (χ0n) is 14.0. The van der Waals surface area contributed by atoms with E-state index in [-0.39, 0.29) is 5.12 Å². The molecule has 3 nitrogen and oxygen atoms in total. The summed E-state index contributed by atoms with van der Waals surface area (Å²) in [4.78, 5) is 23.4. The molecule has 1 aromatic carbocycles. The average molecular weight is 394 g/mol. The first kappa shape index (κ1) is 20.4. The van der Waals surface area contributed by atoms with Crippen molar-refractivity contribution in [3.05, 3.63) is 47.3 Å². The maximum absolute atomic E-state index is 14.1. The fourth-order valence-corrected chi connectivity index (χ4v) is 2.95. The Hall–Kier alpha value is -1.90. The zero-order valence-corrected chi connectivity index (χ0v) is 14.8. The third kappa shape index (κ3) is 3.77. The molecule has 1 aromatic rings. The van der Waals surface area contributed by atoms with Crippen LogP contribution >= 0.6 is 11.8 Å². The van der Waals surface area contributed by atoms with Gasteiger partial charge in [-0.15, -0.1) is 0 Å². The standard InChI is InChI=1S/C17H15F5O3S/c1-16(2)8(5-7-11(23)26-3)12(16)15(24)25-17(21,22)9-4-6-10(18)14(20)13(9)19/h4-8,12H,1-3H3/t8-,12-/m0/s1. The predicted molar refractivity (Wildman–Crippen MR) is 84.7 cm³/mol. The Bertz CT molecular complexity index is 776. The summed E-state index contributed by atoms with van der Waals surface area (Å²) < 4.78 is 71.8. The summed E-state index contributed by atoms with van der Waals surface area (Å²) >= 11 is 0.946. The van der Waals surface area contributed by atoms with Crippen LogP contribution in [0.5, 0.6) is 0 Å². The number of esters is 1. The second-order valence-electron chi connectivity index (χ2n) is 6.37. The lowest BCUT2D eigenvalue weighted by molar-refractivity contribution is -0.243. The van der Waals surface area contributed by atoms with Gasteiger partial charge in [-0.25, -0.2) is 13.2 Å². The van der Waals surface area contributed by atoms with Crippen LogP contribution in [0.4, 0.5) is 22.0 Å². The second kappa shape index (κ2) is 7.02. The molecule has 0 radical (unpaired) electrons. The molecule has 1 saturated carbocycles. The highest BCUT2D eigenvalue weighted by molar-refractivity contribution is 8.13. The normalized spacial score (nSPS) is 21.7. The van der Waals surface area contributed by atoms with Crippen molar-refractivity contribution in [2.45, 2.75) is 20.0 Å². The van der Waals surface area contributed by atoms with E-state index in [1.54, 1.807) is 20.1 Å². The van der Waals surface area contributed by atoms with Gasteiger partial charge in [0.2, 0.25) is 5.12 Å². The van der Waals surface area contributed by atoms with E-state index in [0.29, 0.717) is 12.1 Å². The van der Waals surface area contributed by atoms with Gasteiger partial charge < -0.3 is 4.74 Å². The quantitative estimate of drug-likeness (QED) is 0.321. The van der Waals surface area contributed by atoms with Crippen molar-refractivity contribution in [2.24, 2.45) is 17.3 Å². The third-order valence-electron chi connectivity index (χ3n) is 4.38. The Labute approximate surface area is 150 Å². The van der Waals surface area contributed by atoms with Gasteiger partial charge in [-0.05, 0) is 35.8 Å². The number of benzene rings is 1. The molecule has 26 heavy (non-hydrogen) atoms. The third-order valence-corrected chi connectivity index (χ3v) is 4.92. The van der Waals surface area contributed by atoms with Crippen molar-refractivity contribution in [2.75, 3.05) is 6.26 Å². The molecule has 142 valence electrons. The number of allylic oxidation sites excluding steroid dienone is 1. The molecule has 0 saturated heterocycles. The van der Waals surface area contributed by atoms with E-state index < -0.39 is 52.3 Å². The summed E-state index contributed by atoms with van der Waals surface area (Å²) in [5, 5.41) is -0.269. The zero-order chi connectivity index (χ0) is 19.9. The number of rotatable bonds is 5. The summed E-state index contributed by atoms with van der Waals surface area (Å²) in [5.41, 5.74) is -2.32. The molecular formula is C17H15F5O3S. The lowest BCUT2D eigenvalue weighted by Crippen LogP contribution is -2.26. The Morgan fingerprint density at radius 2 is 1.81 bits per heavy atom. The van der Waals surface area contributed by atoms with Crippen LogP contribution in [0.15, 0.2) is 24.3 Å². The Morgan fingerprint density at radius 3 is 2.38 bits per heavy atom. The molecule has 0 aromatic heterocycles. The summed E-state index contributed by atoms with van der Waals surface area (Å²) in [6.07, 6.45) is -0.246. The highest BCUT2D eigenvalue weighted by atomic mass is 32.2. The number of hydrogen-bond donors (Lipinski definition) is 0. The summed E-state index contributed by atoms with van der Waals surface area (Å²) in [5.74, 6) is -8.67.